The predicted molar refractivity (Wildman–Crippen MR) is 109 cm³/mol. The maximum absolute atomic E-state index is 12.8. The van der Waals surface area contributed by atoms with Gasteiger partial charge in [0.1, 0.15) is 17.2 Å². The molecule has 7 heteroatoms. The maximum Gasteiger partial charge on any atom is 0.290 e. The third-order valence-electron chi connectivity index (χ3n) is 4.23. The van der Waals surface area contributed by atoms with Crippen LogP contribution in [-0.2, 0) is 0 Å². The maximum atomic E-state index is 12.8. The van der Waals surface area contributed by atoms with Crippen LogP contribution in [0.2, 0.25) is 0 Å². The third kappa shape index (κ3) is 4.08. The van der Waals surface area contributed by atoms with E-state index in [2.05, 4.69) is 15.6 Å². The normalized spacial score (nSPS) is 10.9. The van der Waals surface area contributed by atoms with Crippen molar-refractivity contribution < 1.29 is 13.9 Å². The van der Waals surface area contributed by atoms with Gasteiger partial charge in [-0.05, 0) is 54.6 Å². The second-order valence-electron chi connectivity index (χ2n) is 6.11. The molecule has 4 aromatic rings. The molecule has 2 aromatic heterocycles. The van der Waals surface area contributed by atoms with Crippen molar-refractivity contribution >= 4 is 12.1 Å². The van der Waals surface area contributed by atoms with Gasteiger partial charge >= 0.3 is 0 Å². The molecule has 0 atom stereocenters. The second kappa shape index (κ2) is 8.26. The highest BCUT2D eigenvalue weighted by atomic mass is 16.5. The second-order valence-corrected chi connectivity index (χ2v) is 6.11. The summed E-state index contributed by atoms with van der Waals surface area (Å²) in [5, 5.41) is 8.58. The smallest absolute Gasteiger partial charge is 0.290 e. The Bertz CT molecular complexity index is 1110. The minimum absolute atomic E-state index is 0.360. The standard InChI is InChI=1S/C22H18N4O3/c1-28-18-11-9-16(10-12-18)20-14-21(26(25-20)17-6-3-2-4-7-17)22(27)24-23-15-19-8-5-13-29-19/h2-15H,1H3,(H,24,27). The van der Waals surface area contributed by atoms with E-state index in [0.29, 0.717) is 17.1 Å². The third-order valence-corrected chi connectivity index (χ3v) is 4.23. The number of ether oxygens (including phenoxy) is 1. The molecule has 0 spiro atoms. The SMILES string of the molecule is COc1ccc(-c2cc(C(=O)NN=Cc3ccco3)n(-c3ccccc3)n2)cc1. The Morgan fingerprint density at radius 3 is 2.59 bits per heavy atom. The van der Waals surface area contributed by atoms with Crippen LogP contribution in [-0.4, -0.2) is 29.0 Å². The molecule has 0 radical (unpaired) electrons. The van der Waals surface area contributed by atoms with Crippen LogP contribution in [0.15, 0.2) is 88.6 Å². The van der Waals surface area contributed by atoms with Gasteiger partial charge in [-0.2, -0.15) is 10.2 Å². The Morgan fingerprint density at radius 1 is 1.10 bits per heavy atom. The lowest BCUT2D eigenvalue weighted by Gasteiger charge is -2.05. The van der Waals surface area contributed by atoms with E-state index in [9.17, 15) is 4.79 Å². The highest BCUT2D eigenvalue weighted by molar-refractivity contribution is 5.95. The van der Waals surface area contributed by atoms with Gasteiger partial charge in [0.05, 0.1) is 31.0 Å². The van der Waals surface area contributed by atoms with E-state index >= 15 is 0 Å². The molecule has 4 rings (SSSR count). The Labute approximate surface area is 167 Å². The molecule has 0 bridgehead atoms. The lowest BCUT2D eigenvalue weighted by molar-refractivity contribution is 0.0947. The summed E-state index contributed by atoms with van der Waals surface area (Å²) in [5.74, 6) is 0.909. The number of carbonyl (C=O) groups is 1. The fraction of sp³-hybridized carbons (Fsp3) is 0.0455. The lowest BCUT2D eigenvalue weighted by Crippen LogP contribution is -2.21. The van der Waals surface area contributed by atoms with Gasteiger partial charge in [-0.25, -0.2) is 10.1 Å². The number of nitrogens with zero attached hydrogens (tertiary/aromatic N) is 3. The van der Waals surface area contributed by atoms with Crippen LogP contribution < -0.4 is 10.2 Å². The topological polar surface area (TPSA) is 81.6 Å². The van der Waals surface area contributed by atoms with Crippen molar-refractivity contribution in [3.8, 4) is 22.7 Å². The summed E-state index contributed by atoms with van der Waals surface area (Å²) in [4.78, 5) is 12.8. The quantitative estimate of drug-likeness (QED) is 0.402. The molecule has 0 saturated carbocycles. The van der Waals surface area contributed by atoms with Crippen LogP contribution in [0.4, 0.5) is 0 Å². The highest BCUT2D eigenvalue weighted by Gasteiger charge is 2.17. The molecule has 0 unspecified atom stereocenters. The number of carbonyl (C=O) groups excluding carboxylic acids is 1. The van der Waals surface area contributed by atoms with Gasteiger partial charge in [-0.1, -0.05) is 18.2 Å². The monoisotopic (exact) mass is 386 g/mol. The van der Waals surface area contributed by atoms with Crippen molar-refractivity contribution in [1.82, 2.24) is 15.2 Å². The van der Waals surface area contributed by atoms with Crippen molar-refractivity contribution in [1.29, 1.82) is 0 Å². The van der Waals surface area contributed by atoms with Crippen molar-refractivity contribution in [3.63, 3.8) is 0 Å². The number of rotatable bonds is 6. The minimum atomic E-state index is -0.385. The lowest BCUT2D eigenvalue weighted by atomic mass is 10.1. The zero-order chi connectivity index (χ0) is 20.1. The van der Waals surface area contributed by atoms with E-state index in [-0.39, 0.29) is 5.91 Å². The van der Waals surface area contributed by atoms with E-state index in [0.717, 1.165) is 17.0 Å². The summed E-state index contributed by atoms with van der Waals surface area (Å²) in [6.45, 7) is 0. The highest BCUT2D eigenvalue weighted by Crippen LogP contribution is 2.24. The van der Waals surface area contributed by atoms with Gasteiger partial charge in [0, 0.05) is 5.56 Å². The number of hydrogen-bond donors (Lipinski definition) is 1. The molecule has 144 valence electrons. The molecule has 0 aliphatic carbocycles. The van der Waals surface area contributed by atoms with E-state index in [1.165, 1.54) is 12.5 Å². The Kier molecular flexibility index (Phi) is 5.20. The zero-order valence-corrected chi connectivity index (χ0v) is 15.6. The molecule has 0 fully saturated rings. The summed E-state index contributed by atoms with van der Waals surface area (Å²) < 4.78 is 12.0. The number of aromatic nitrogens is 2. The van der Waals surface area contributed by atoms with E-state index < -0.39 is 0 Å². The van der Waals surface area contributed by atoms with Crippen molar-refractivity contribution in [2.45, 2.75) is 0 Å². The van der Waals surface area contributed by atoms with Crippen molar-refractivity contribution in [2.24, 2.45) is 5.10 Å². The van der Waals surface area contributed by atoms with Crippen molar-refractivity contribution in [3.05, 3.63) is 90.5 Å². The first-order valence-electron chi connectivity index (χ1n) is 8.91. The molecule has 7 nitrogen and oxygen atoms in total. The molecule has 2 aromatic carbocycles. The van der Waals surface area contributed by atoms with Crippen LogP contribution in [0.1, 0.15) is 16.2 Å². The molecule has 1 N–H and O–H groups in total. The molecule has 0 aliphatic rings. The first-order valence-corrected chi connectivity index (χ1v) is 8.91. The van der Waals surface area contributed by atoms with E-state index in [1.807, 2.05) is 54.6 Å². The van der Waals surface area contributed by atoms with Gasteiger partial charge in [-0.3, -0.25) is 4.79 Å². The van der Waals surface area contributed by atoms with Gasteiger partial charge in [0.2, 0.25) is 0 Å². The van der Waals surface area contributed by atoms with Gasteiger partial charge in [0.25, 0.3) is 5.91 Å². The fourth-order valence-corrected chi connectivity index (χ4v) is 2.79. The first kappa shape index (κ1) is 18.2. The number of para-hydroxylation sites is 1. The van der Waals surface area contributed by atoms with Gasteiger partial charge in [-0.15, -0.1) is 0 Å². The van der Waals surface area contributed by atoms with Gasteiger partial charge in [0.15, 0.2) is 0 Å². The molecule has 1 amide bonds. The van der Waals surface area contributed by atoms with Crippen molar-refractivity contribution in [2.75, 3.05) is 7.11 Å². The summed E-state index contributed by atoms with van der Waals surface area (Å²) in [5.41, 5.74) is 5.18. The van der Waals surface area contributed by atoms with E-state index in [4.69, 9.17) is 9.15 Å². The number of furan rings is 1. The molecular formula is C22H18N4O3. The number of nitrogens with one attached hydrogen (secondary N) is 1. The number of benzene rings is 2. The van der Waals surface area contributed by atoms with Crippen LogP contribution >= 0.6 is 0 Å². The van der Waals surface area contributed by atoms with Crippen LogP contribution in [0.3, 0.4) is 0 Å². The zero-order valence-electron chi connectivity index (χ0n) is 15.6. The number of hydrogen-bond acceptors (Lipinski definition) is 5. The number of methoxy groups -OCH3 is 1. The Morgan fingerprint density at radius 2 is 1.90 bits per heavy atom. The summed E-state index contributed by atoms with van der Waals surface area (Å²) in [6.07, 6.45) is 2.97. The van der Waals surface area contributed by atoms with Crippen LogP contribution in [0.5, 0.6) is 5.75 Å². The molecule has 0 saturated heterocycles. The predicted octanol–water partition coefficient (Wildman–Crippen LogP) is 3.90. The van der Waals surface area contributed by atoms with Crippen LogP contribution in [0, 0.1) is 0 Å². The Balaban J connectivity index is 1.66. The number of amides is 1. The molecular weight excluding hydrogens is 368 g/mol. The summed E-state index contributed by atoms with van der Waals surface area (Å²) in [7, 11) is 1.62. The molecule has 29 heavy (non-hydrogen) atoms. The summed E-state index contributed by atoms with van der Waals surface area (Å²) >= 11 is 0. The van der Waals surface area contributed by atoms with E-state index in [1.54, 1.807) is 30.0 Å². The Hall–Kier alpha value is -4.13. The number of hydrazone groups is 1. The molecule has 2 heterocycles. The largest absolute Gasteiger partial charge is 0.497 e. The summed E-state index contributed by atoms with van der Waals surface area (Å²) in [6, 6.07) is 22.2. The van der Waals surface area contributed by atoms with Gasteiger partial charge < -0.3 is 9.15 Å². The van der Waals surface area contributed by atoms with Crippen LogP contribution in [0.25, 0.3) is 16.9 Å². The molecule has 0 aliphatic heterocycles. The fourth-order valence-electron chi connectivity index (χ4n) is 2.79. The average Bonchev–Trinajstić information content (AvgIpc) is 3.45. The minimum Gasteiger partial charge on any atom is -0.497 e. The average molecular weight is 386 g/mol. The first-order chi connectivity index (χ1) is 14.2.